The van der Waals surface area contributed by atoms with E-state index >= 15 is 0 Å². The van der Waals surface area contributed by atoms with Crippen LogP contribution in [0.3, 0.4) is 0 Å². The predicted molar refractivity (Wildman–Crippen MR) is 89.8 cm³/mol. The van der Waals surface area contributed by atoms with Crippen LogP contribution in [0.2, 0.25) is 5.02 Å². The SMILES string of the molecule is CCC(Nc1cccc2ncccc12)c1cccc(Cl)c1. The third kappa shape index (κ3) is 3.01. The van der Waals surface area contributed by atoms with Crippen LogP contribution in [0.1, 0.15) is 24.9 Å². The molecule has 3 heteroatoms. The molecule has 1 atom stereocenters. The summed E-state index contributed by atoms with van der Waals surface area (Å²) in [6.45, 7) is 2.17. The van der Waals surface area contributed by atoms with Crippen LogP contribution in [-0.2, 0) is 0 Å². The highest BCUT2D eigenvalue weighted by molar-refractivity contribution is 6.30. The van der Waals surface area contributed by atoms with Gasteiger partial charge in [0.25, 0.3) is 0 Å². The van der Waals surface area contributed by atoms with Gasteiger partial charge in [-0.05, 0) is 48.4 Å². The molecular weight excluding hydrogens is 280 g/mol. The topological polar surface area (TPSA) is 24.9 Å². The number of nitrogens with one attached hydrogen (secondary N) is 1. The zero-order valence-electron chi connectivity index (χ0n) is 11.9. The van der Waals surface area contributed by atoms with Crippen LogP contribution < -0.4 is 5.32 Å². The van der Waals surface area contributed by atoms with Crippen molar-refractivity contribution in [3.63, 3.8) is 0 Å². The molecule has 0 aliphatic heterocycles. The lowest BCUT2D eigenvalue weighted by molar-refractivity contribution is 0.750. The van der Waals surface area contributed by atoms with Gasteiger partial charge in [-0.25, -0.2) is 0 Å². The maximum atomic E-state index is 6.11. The molecule has 1 unspecified atom stereocenters. The molecule has 0 saturated carbocycles. The van der Waals surface area contributed by atoms with Gasteiger partial charge in [-0.3, -0.25) is 4.98 Å². The van der Waals surface area contributed by atoms with Gasteiger partial charge in [-0.1, -0.05) is 36.7 Å². The molecule has 1 aromatic heterocycles. The Morgan fingerprint density at radius 2 is 1.95 bits per heavy atom. The van der Waals surface area contributed by atoms with E-state index < -0.39 is 0 Å². The Balaban J connectivity index is 1.96. The van der Waals surface area contributed by atoms with Crippen molar-refractivity contribution in [3.05, 3.63) is 71.4 Å². The summed E-state index contributed by atoms with van der Waals surface area (Å²) in [7, 11) is 0. The molecule has 3 rings (SSSR count). The van der Waals surface area contributed by atoms with Gasteiger partial charge in [-0.15, -0.1) is 0 Å². The zero-order valence-corrected chi connectivity index (χ0v) is 12.6. The third-order valence-electron chi connectivity index (χ3n) is 3.63. The average Bonchev–Trinajstić information content (AvgIpc) is 2.52. The quantitative estimate of drug-likeness (QED) is 0.692. The van der Waals surface area contributed by atoms with Gasteiger partial charge in [0.15, 0.2) is 0 Å². The first-order chi connectivity index (χ1) is 10.3. The Morgan fingerprint density at radius 1 is 1.10 bits per heavy atom. The Morgan fingerprint density at radius 3 is 2.76 bits per heavy atom. The van der Waals surface area contributed by atoms with Crippen molar-refractivity contribution in [1.82, 2.24) is 4.98 Å². The lowest BCUT2D eigenvalue weighted by atomic mass is 10.0. The van der Waals surface area contributed by atoms with Gasteiger partial charge < -0.3 is 5.32 Å². The molecule has 0 bridgehead atoms. The number of fused-ring (bicyclic) bond motifs is 1. The largest absolute Gasteiger partial charge is 0.378 e. The molecule has 2 aromatic carbocycles. The molecule has 106 valence electrons. The number of pyridine rings is 1. The van der Waals surface area contributed by atoms with Gasteiger partial charge in [0, 0.05) is 22.3 Å². The summed E-state index contributed by atoms with van der Waals surface area (Å²) in [4.78, 5) is 4.40. The number of nitrogens with zero attached hydrogens (tertiary/aromatic N) is 1. The van der Waals surface area contributed by atoms with E-state index in [-0.39, 0.29) is 6.04 Å². The van der Waals surface area contributed by atoms with E-state index in [1.807, 2.05) is 42.6 Å². The molecule has 3 aromatic rings. The normalized spacial score (nSPS) is 12.3. The second-order valence-electron chi connectivity index (χ2n) is 5.04. The molecular formula is C18H17ClN2. The number of aromatic nitrogens is 1. The summed E-state index contributed by atoms with van der Waals surface area (Å²) in [5, 5.41) is 5.53. The smallest absolute Gasteiger partial charge is 0.0722 e. The van der Waals surface area contributed by atoms with Crippen LogP contribution in [0.25, 0.3) is 10.9 Å². The minimum absolute atomic E-state index is 0.231. The molecule has 0 saturated heterocycles. The summed E-state index contributed by atoms with van der Waals surface area (Å²) < 4.78 is 0. The van der Waals surface area contributed by atoms with Crippen LogP contribution in [0.5, 0.6) is 0 Å². The lowest BCUT2D eigenvalue weighted by Gasteiger charge is -2.20. The van der Waals surface area contributed by atoms with E-state index in [0.29, 0.717) is 0 Å². The van der Waals surface area contributed by atoms with E-state index in [2.05, 4.69) is 35.4 Å². The van der Waals surface area contributed by atoms with E-state index in [0.717, 1.165) is 28.0 Å². The van der Waals surface area contributed by atoms with E-state index in [1.54, 1.807) is 0 Å². The van der Waals surface area contributed by atoms with Crippen molar-refractivity contribution in [2.24, 2.45) is 0 Å². The number of hydrogen-bond donors (Lipinski definition) is 1. The van der Waals surface area contributed by atoms with Crippen molar-refractivity contribution in [2.45, 2.75) is 19.4 Å². The van der Waals surface area contributed by atoms with Crippen molar-refractivity contribution in [2.75, 3.05) is 5.32 Å². The van der Waals surface area contributed by atoms with Crippen LogP contribution in [0, 0.1) is 0 Å². The zero-order chi connectivity index (χ0) is 14.7. The van der Waals surface area contributed by atoms with E-state index in [1.165, 1.54) is 5.56 Å². The number of hydrogen-bond acceptors (Lipinski definition) is 2. The van der Waals surface area contributed by atoms with Crippen LogP contribution in [0.4, 0.5) is 5.69 Å². The minimum Gasteiger partial charge on any atom is -0.378 e. The van der Waals surface area contributed by atoms with Crippen molar-refractivity contribution in [1.29, 1.82) is 0 Å². The highest BCUT2D eigenvalue weighted by atomic mass is 35.5. The molecule has 1 heterocycles. The number of halogens is 1. The molecule has 0 spiro atoms. The maximum absolute atomic E-state index is 6.11. The second kappa shape index (κ2) is 6.15. The number of rotatable bonds is 4. The molecule has 0 aliphatic carbocycles. The van der Waals surface area contributed by atoms with Crippen LogP contribution in [0.15, 0.2) is 60.8 Å². The Hall–Kier alpha value is -2.06. The monoisotopic (exact) mass is 296 g/mol. The number of anilines is 1. The first-order valence-electron chi connectivity index (χ1n) is 7.13. The highest BCUT2D eigenvalue weighted by Crippen LogP contribution is 2.28. The summed E-state index contributed by atoms with van der Waals surface area (Å²) in [6, 6.07) is 18.5. The fraction of sp³-hybridized carbons (Fsp3) is 0.167. The fourth-order valence-electron chi connectivity index (χ4n) is 2.56. The van der Waals surface area contributed by atoms with Gasteiger partial charge in [-0.2, -0.15) is 0 Å². The molecule has 1 N–H and O–H groups in total. The Labute approximate surface area is 129 Å². The molecule has 21 heavy (non-hydrogen) atoms. The van der Waals surface area contributed by atoms with Crippen molar-refractivity contribution >= 4 is 28.2 Å². The molecule has 0 amide bonds. The number of benzene rings is 2. The molecule has 0 aliphatic rings. The fourth-order valence-corrected chi connectivity index (χ4v) is 2.76. The van der Waals surface area contributed by atoms with Gasteiger partial charge >= 0.3 is 0 Å². The van der Waals surface area contributed by atoms with Crippen molar-refractivity contribution in [3.8, 4) is 0 Å². The Kier molecular flexibility index (Phi) is 4.07. The second-order valence-corrected chi connectivity index (χ2v) is 5.47. The summed E-state index contributed by atoms with van der Waals surface area (Å²) in [5.41, 5.74) is 3.31. The molecule has 0 radical (unpaired) electrons. The average molecular weight is 297 g/mol. The van der Waals surface area contributed by atoms with E-state index in [9.17, 15) is 0 Å². The van der Waals surface area contributed by atoms with E-state index in [4.69, 9.17) is 11.6 Å². The lowest BCUT2D eigenvalue weighted by Crippen LogP contribution is -2.10. The molecule has 0 fully saturated rings. The van der Waals surface area contributed by atoms with Gasteiger partial charge in [0.05, 0.1) is 11.6 Å². The van der Waals surface area contributed by atoms with Crippen LogP contribution in [-0.4, -0.2) is 4.98 Å². The first-order valence-corrected chi connectivity index (χ1v) is 7.51. The molecule has 2 nitrogen and oxygen atoms in total. The third-order valence-corrected chi connectivity index (χ3v) is 3.87. The van der Waals surface area contributed by atoms with Crippen LogP contribution >= 0.6 is 11.6 Å². The van der Waals surface area contributed by atoms with Crippen molar-refractivity contribution < 1.29 is 0 Å². The standard InChI is InChI=1S/C18H17ClN2/c1-2-16(13-6-3-7-14(19)12-13)21-18-10-4-9-17-15(18)8-5-11-20-17/h3-12,16,21H,2H2,1H3. The summed E-state index contributed by atoms with van der Waals surface area (Å²) >= 11 is 6.11. The Bertz CT molecular complexity index is 750. The summed E-state index contributed by atoms with van der Waals surface area (Å²) in [6.07, 6.45) is 2.80. The highest BCUT2D eigenvalue weighted by Gasteiger charge is 2.11. The first kappa shape index (κ1) is 13.9. The maximum Gasteiger partial charge on any atom is 0.0722 e. The predicted octanol–water partition coefficient (Wildman–Crippen LogP) is 5.45. The summed E-state index contributed by atoms with van der Waals surface area (Å²) in [5.74, 6) is 0. The van der Waals surface area contributed by atoms with Gasteiger partial charge in [0.1, 0.15) is 0 Å². The minimum atomic E-state index is 0.231. The van der Waals surface area contributed by atoms with Gasteiger partial charge in [0.2, 0.25) is 0 Å².